The Balaban J connectivity index is 2.38. The maximum absolute atomic E-state index is 11.9. The lowest BCUT2D eigenvalue weighted by Crippen LogP contribution is -2.48. The monoisotopic (exact) mass is 349 g/mol. The number of rotatable bonds is 5. The molecule has 1 atom stereocenters. The van der Waals surface area contributed by atoms with Crippen LogP contribution in [-0.2, 0) is 20.8 Å². The van der Waals surface area contributed by atoms with Gasteiger partial charge in [0.25, 0.3) is 5.91 Å². The van der Waals surface area contributed by atoms with Gasteiger partial charge in [-0.25, -0.2) is 0 Å². The van der Waals surface area contributed by atoms with E-state index in [1.165, 1.54) is 0 Å². The van der Waals surface area contributed by atoms with Crippen molar-refractivity contribution in [2.45, 2.75) is 59.0 Å². The molecule has 0 radical (unpaired) electrons. The van der Waals surface area contributed by atoms with Gasteiger partial charge in [-0.05, 0) is 50.8 Å². The molecule has 0 saturated carbocycles. The van der Waals surface area contributed by atoms with Crippen LogP contribution in [0.5, 0.6) is 11.5 Å². The minimum atomic E-state index is -1.06. The predicted octanol–water partition coefficient (Wildman–Crippen LogP) is 1.95. The van der Waals surface area contributed by atoms with Crippen LogP contribution < -0.4 is 15.2 Å². The van der Waals surface area contributed by atoms with Crippen molar-refractivity contribution < 1.29 is 29.0 Å². The van der Waals surface area contributed by atoms with E-state index in [2.05, 4.69) is 0 Å². The summed E-state index contributed by atoms with van der Waals surface area (Å²) in [6, 6.07) is 0. The second kappa shape index (κ2) is 6.74. The highest BCUT2D eigenvalue weighted by Gasteiger charge is 2.39. The topological polar surface area (TPSA) is 116 Å². The molecule has 7 nitrogen and oxygen atoms in total. The fraction of sp³-hybridized carbons (Fsp3) is 0.500. The molecule has 1 aromatic rings. The number of aliphatic carboxylic acids is 1. The van der Waals surface area contributed by atoms with Gasteiger partial charge >= 0.3 is 11.9 Å². The molecular weight excluding hydrogens is 326 g/mol. The summed E-state index contributed by atoms with van der Waals surface area (Å²) in [5.74, 6) is -1.12. The Morgan fingerprint density at radius 3 is 2.36 bits per heavy atom. The number of fused-ring (bicyclic) bond motifs is 1. The molecule has 3 N–H and O–H groups in total. The maximum atomic E-state index is 11.9. The summed E-state index contributed by atoms with van der Waals surface area (Å²) >= 11 is 0. The molecule has 0 aliphatic carbocycles. The molecule has 1 aromatic carbocycles. The quantitative estimate of drug-likeness (QED) is 0.620. The van der Waals surface area contributed by atoms with Crippen LogP contribution >= 0.6 is 0 Å². The number of esters is 1. The van der Waals surface area contributed by atoms with Gasteiger partial charge in [0.15, 0.2) is 5.60 Å². The van der Waals surface area contributed by atoms with Crippen molar-refractivity contribution in [2.75, 3.05) is 0 Å². The predicted molar refractivity (Wildman–Crippen MR) is 89.7 cm³/mol. The van der Waals surface area contributed by atoms with Crippen molar-refractivity contribution in [3.8, 4) is 11.5 Å². The Kier molecular flexibility index (Phi) is 5.06. The van der Waals surface area contributed by atoms with Crippen LogP contribution in [0.2, 0.25) is 0 Å². The van der Waals surface area contributed by atoms with Crippen molar-refractivity contribution in [3.63, 3.8) is 0 Å². The lowest BCUT2D eigenvalue weighted by Gasteiger charge is -2.35. The average Bonchev–Trinajstić information content (AvgIpc) is 2.54. The van der Waals surface area contributed by atoms with E-state index in [1.54, 1.807) is 13.8 Å². The van der Waals surface area contributed by atoms with Gasteiger partial charge in [0.05, 0.1) is 12.8 Å². The second-order valence-corrected chi connectivity index (χ2v) is 6.58. The molecule has 0 unspecified atom stereocenters. The minimum Gasteiger partial charge on any atom is -0.481 e. The Bertz CT molecular complexity index is 755. The standard InChI is InChI=1S/C18H23NO6/c1-9-10(2)16-12(7-8-18(4,25-16)17(19)23)11(3)15(9)24-14(22)6-5-13(20)21/h5-8H2,1-4H3,(H2,19,23)(H,20,21)/t18-/m0/s1. The Morgan fingerprint density at radius 2 is 1.80 bits per heavy atom. The van der Waals surface area contributed by atoms with Crippen LogP contribution in [0.25, 0.3) is 0 Å². The van der Waals surface area contributed by atoms with Gasteiger partial charge in [-0.1, -0.05) is 0 Å². The molecular formula is C18H23NO6. The molecule has 136 valence electrons. The first-order valence-electron chi connectivity index (χ1n) is 8.11. The second-order valence-electron chi connectivity index (χ2n) is 6.58. The Hall–Kier alpha value is -2.57. The van der Waals surface area contributed by atoms with E-state index < -0.39 is 23.4 Å². The first kappa shape index (κ1) is 18.8. The van der Waals surface area contributed by atoms with Crippen molar-refractivity contribution >= 4 is 17.8 Å². The molecule has 1 amide bonds. The van der Waals surface area contributed by atoms with Gasteiger partial charge < -0.3 is 20.3 Å². The number of carboxylic acids is 1. The lowest BCUT2D eigenvalue weighted by molar-refractivity contribution is -0.142. The number of carboxylic acid groups (broad SMARTS) is 1. The van der Waals surface area contributed by atoms with Gasteiger partial charge in [-0.2, -0.15) is 0 Å². The van der Waals surface area contributed by atoms with Crippen LogP contribution in [0, 0.1) is 20.8 Å². The minimum absolute atomic E-state index is 0.194. The van der Waals surface area contributed by atoms with Crippen LogP contribution in [0.3, 0.4) is 0 Å². The maximum Gasteiger partial charge on any atom is 0.311 e. The van der Waals surface area contributed by atoms with Crippen LogP contribution in [0.4, 0.5) is 0 Å². The summed E-state index contributed by atoms with van der Waals surface area (Å²) in [5, 5.41) is 8.67. The largest absolute Gasteiger partial charge is 0.481 e. The number of carbonyl (C=O) groups is 3. The first-order chi connectivity index (χ1) is 11.6. The average molecular weight is 349 g/mol. The van der Waals surface area contributed by atoms with E-state index in [1.807, 2.05) is 13.8 Å². The summed E-state index contributed by atoms with van der Waals surface area (Å²) < 4.78 is 11.3. The Labute approximate surface area is 146 Å². The number of hydrogen-bond acceptors (Lipinski definition) is 5. The van der Waals surface area contributed by atoms with Gasteiger partial charge in [0.1, 0.15) is 11.5 Å². The molecule has 2 rings (SSSR count). The summed E-state index contributed by atoms with van der Waals surface area (Å²) in [7, 11) is 0. The lowest BCUT2D eigenvalue weighted by atomic mass is 9.87. The van der Waals surface area contributed by atoms with Crippen LogP contribution in [0.15, 0.2) is 0 Å². The fourth-order valence-corrected chi connectivity index (χ4v) is 2.93. The molecule has 1 aliphatic heterocycles. The fourth-order valence-electron chi connectivity index (χ4n) is 2.93. The van der Waals surface area contributed by atoms with E-state index in [9.17, 15) is 14.4 Å². The normalized spacial score (nSPS) is 18.9. The number of primary amides is 1. The highest BCUT2D eigenvalue weighted by molar-refractivity contribution is 5.84. The van der Waals surface area contributed by atoms with Crippen molar-refractivity contribution in [1.82, 2.24) is 0 Å². The zero-order valence-corrected chi connectivity index (χ0v) is 14.9. The third-order valence-corrected chi connectivity index (χ3v) is 4.77. The van der Waals surface area contributed by atoms with E-state index in [4.69, 9.17) is 20.3 Å². The number of ether oxygens (including phenoxy) is 2. The van der Waals surface area contributed by atoms with E-state index in [0.717, 1.165) is 16.7 Å². The zero-order valence-electron chi connectivity index (χ0n) is 14.9. The number of hydrogen-bond donors (Lipinski definition) is 2. The summed E-state index contributed by atoms with van der Waals surface area (Å²) in [6.07, 6.45) is 0.536. The third-order valence-electron chi connectivity index (χ3n) is 4.77. The molecule has 0 aromatic heterocycles. The summed E-state index contributed by atoms with van der Waals surface area (Å²) in [6.45, 7) is 7.11. The van der Waals surface area contributed by atoms with Crippen LogP contribution in [0.1, 0.15) is 48.4 Å². The molecule has 25 heavy (non-hydrogen) atoms. The molecule has 0 spiro atoms. The first-order valence-corrected chi connectivity index (χ1v) is 8.11. The molecule has 0 bridgehead atoms. The van der Waals surface area contributed by atoms with Gasteiger partial charge in [-0.3, -0.25) is 14.4 Å². The molecule has 0 saturated heterocycles. The number of nitrogens with two attached hydrogens (primary N) is 1. The van der Waals surface area contributed by atoms with E-state index >= 15 is 0 Å². The molecule has 7 heteroatoms. The third kappa shape index (κ3) is 3.60. The number of carbonyl (C=O) groups excluding carboxylic acids is 2. The molecule has 1 heterocycles. The highest BCUT2D eigenvalue weighted by atomic mass is 16.5. The van der Waals surface area contributed by atoms with Crippen molar-refractivity contribution in [3.05, 3.63) is 22.3 Å². The van der Waals surface area contributed by atoms with Crippen molar-refractivity contribution in [1.29, 1.82) is 0 Å². The van der Waals surface area contributed by atoms with E-state index in [0.29, 0.717) is 29.9 Å². The molecule has 1 aliphatic rings. The number of benzene rings is 1. The van der Waals surface area contributed by atoms with Gasteiger partial charge in [-0.15, -0.1) is 0 Å². The smallest absolute Gasteiger partial charge is 0.311 e. The highest BCUT2D eigenvalue weighted by Crippen LogP contribution is 2.43. The van der Waals surface area contributed by atoms with Gasteiger partial charge in [0, 0.05) is 12.0 Å². The van der Waals surface area contributed by atoms with E-state index in [-0.39, 0.29) is 12.8 Å². The van der Waals surface area contributed by atoms with Crippen molar-refractivity contribution in [2.24, 2.45) is 5.73 Å². The zero-order chi connectivity index (χ0) is 18.9. The summed E-state index contributed by atoms with van der Waals surface area (Å²) in [4.78, 5) is 34.2. The van der Waals surface area contributed by atoms with Crippen LogP contribution in [-0.4, -0.2) is 28.6 Å². The van der Waals surface area contributed by atoms with Gasteiger partial charge in [0.2, 0.25) is 0 Å². The number of amides is 1. The summed E-state index contributed by atoms with van der Waals surface area (Å²) in [5.41, 5.74) is 7.52. The Morgan fingerprint density at radius 1 is 1.16 bits per heavy atom. The SMILES string of the molecule is Cc1c(C)c2c(c(C)c1OC(=O)CCC(=O)O)CC[C@@](C)(C(N)=O)O2. The molecule has 0 fully saturated rings.